The monoisotopic (exact) mass is 275 g/mol. The Morgan fingerprint density at radius 3 is 2.70 bits per heavy atom. The third kappa shape index (κ3) is 3.15. The third-order valence-electron chi connectivity index (χ3n) is 4.68. The number of piperidine rings is 1. The van der Waals surface area contributed by atoms with Crippen LogP contribution in [0.3, 0.4) is 0 Å². The second-order valence-corrected chi connectivity index (χ2v) is 6.27. The Bertz CT molecular complexity index is 434. The highest BCUT2D eigenvalue weighted by molar-refractivity contribution is 5.27. The van der Waals surface area contributed by atoms with Gasteiger partial charge in [-0.15, -0.1) is 0 Å². The molecule has 20 heavy (non-hydrogen) atoms. The van der Waals surface area contributed by atoms with Crippen molar-refractivity contribution in [3.8, 4) is 5.75 Å². The van der Waals surface area contributed by atoms with Crippen molar-refractivity contribution in [2.75, 3.05) is 13.2 Å². The summed E-state index contributed by atoms with van der Waals surface area (Å²) in [7, 11) is 0. The van der Waals surface area contributed by atoms with Crippen molar-refractivity contribution in [2.45, 2.75) is 57.2 Å². The Morgan fingerprint density at radius 1 is 1.25 bits per heavy atom. The normalized spacial score (nSPS) is 29.6. The predicted octanol–water partition coefficient (Wildman–Crippen LogP) is 2.75. The van der Waals surface area contributed by atoms with Gasteiger partial charge < -0.3 is 9.84 Å². The number of fused-ring (bicyclic) bond motifs is 2. The highest BCUT2D eigenvalue weighted by Crippen LogP contribution is 2.35. The third-order valence-corrected chi connectivity index (χ3v) is 4.68. The summed E-state index contributed by atoms with van der Waals surface area (Å²) in [5.41, 5.74) is 1.24. The van der Waals surface area contributed by atoms with E-state index in [1.165, 1.54) is 18.4 Å². The lowest BCUT2D eigenvalue weighted by molar-refractivity contribution is 0.0331. The first-order valence-electron chi connectivity index (χ1n) is 7.85. The van der Waals surface area contributed by atoms with Crippen LogP contribution in [0.4, 0.5) is 0 Å². The SMILES string of the molecule is Cc1cccc(OCCCN2C3CCC2CC(O)C3)c1. The van der Waals surface area contributed by atoms with Crippen LogP contribution in [0.15, 0.2) is 24.3 Å². The standard InChI is InChI=1S/C17H25NO2/c1-13-4-2-5-17(10-13)20-9-3-8-18-14-6-7-15(18)12-16(19)11-14/h2,4-5,10,14-16,19H,3,6-9,11-12H2,1H3. The van der Waals surface area contributed by atoms with Gasteiger partial charge in [0.2, 0.25) is 0 Å². The van der Waals surface area contributed by atoms with Gasteiger partial charge in [-0.3, -0.25) is 4.90 Å². The van der Waals surface area contributed by atoms with E-state index in [0.29, 0.717) is 12.1 Å². The molecular weight excluding hydrogens is 250 g/mol. The molecule has 2 bridgehead atoms. The van der Waals surface area contributed by atoms with Crippen LogP contribution in [0.1, 0.15) is 37.7 Å². The fourth-order valence-corrected chi connectivity index (χ4v) is 3.75. The molecule has 0 saturated carbocycles. The second-order valence-electron chi connectivity index (χ2n) is 6.27. The van der Waals surface area contributed by atoms with Crippen molar-refractivity contribution in [3.05, 3.63) is 29.8 Å². The van der Waals surface area contributed by atoms with E-state index in [2.05, 4.69) is 24.0 Å². The highest BCUT2D eigenvalue weighted by atomic mass is 16.5. The lowest BCUT2D eigenvalue weighted by Gasteiger charge is -2.37. The zero-order valence-corrected chi connectivity index (χ0v) is 12.3. The van der Waals surface area contributed by atoms with Gasteiger partial charge in [-0.1, -0.05) is 12.1 Å². The Kier molecular flexibility index (Phi) is 4.27. The van der Waals surface area contributed by atoms with Gasteiger partial charge in [-0.25, -0.2) is 0 Å². The van der Waals surface area contributed by atoms with Crippen molar-refractivity contribution in [1.82, 2.24) is 4.90 Å². The summed E-state index contributed by atoms with van der Waals surface area (Å²) >= 11 is 0. The maximum Gasteiger partial charge on any atom is 0.119 e. The maximum absolute atomic E-state index is 9.80. The van der Waals surface area contributed by atoms with Gasteiger partial charge in [-0.05, 0) is 56.7 Å². The number of aliphatic hydroxyl groups is 1. The van der Waals surface area contributed by atoms with E-state index in [1.54, 1.807) is 0 Å². The predicted molar refractivity (Wildman–Crippen MR) is 80.0 cm³/mol. The van der Waals surface area contributed by atoms with Crippen LogP contribution in [0, 0.1) is 6.92 Å². The minimum absolute atomic E-state index is 0.0627. The summed E-state index contributed by atoms with van der Waals surface area (Å²) in [5.74, 6) is 0.974. The molecule has 1 aromatic carbocycles. The van der Waals surface area contributed by atoms with Crippen LogP contribution in [-0.4, -0.2) is 41.3 Å². The van der Waals surface area contributed by atoms with Crippen LogP contribution < -0.4 is 4.74 Å². The first-order chi connectivity index (χ1) is 9.72. The van der Waals surface area contributed by atoms with Crippen LogP contribution in [0.25, 0.3) is 0 Å². The molecular formula is C17H25NO2. The minimum atomic E-state index is -0.0627. The molecule has 2 aliphatic heterocycles. The Morgan fingerprint density at radius 2 is 2.00 bits per heavy atom. The van der Waals surface area contributed by atoms with Crippen molar-refractivity contribution >= 4 is 0 Å². The lowest BCUT2D eigenvalue weighted by Crippen LogP contribution is -2.45. The molecule has 1 aromatic rings. The number of aliphatic hydroxyl groups excluding tert-OH is 1. The van der Waals surface area contributed by atoms with Crippen LogP contribution in [-0.2, 0) is 0 Å². The highest BCUT2D eigenvalue weighted by Gasteiger charge is 2.39. The second kappa shape index (κ2) is 6.15. The molecule has 2 aliphatic rings. The fraction of sp³-hybridized carbons (Fsp3) is 0.647. The topological polar surface area (TPSA) is 32.7 Å². The Labute approximate surface area is 121 Å². The Balaban J connectivity index is 1.42. The molecule has 1 N–H and O–H groups in total. The summed E-state index contributed by atoms with van der Waals surface area (Å²) in [6.45, 7) is 3.97. The number of hydrogen-bond acceptors (Lipinski definition) is 3. The molecule has 2 saturated heterocycles. The number of rotatable bonds is 5. The summed E-state index contributed by atoms with van der Waals surface area (Å²) in [6.07, 6.45) is 5.47. The maximum atomic E-state index is 9.80. The largest absolute Gasteiger partial charge is 0.494 e. The molecule has 0 spiro atoms. The van der Waals surface area contributed by atoms with Crippen LogP contribution in [0.5, 0.6) is 5.75 Å². The summed E-state index contributed by atoms with van der Waals surface area (Å²) in [6, 6.07) is 9.46. The number of nitrogens with zero attached hydrogens (tertiary/aromatic N) is 1. The first kappa shape index (κ1) is 13.9. The van der Waals surface area contributed by atoms with E-state index in [0.717, 1.165) is 38.2 Å². The van der Waals surface area contributed by atoms with Crippen molar-refractivity contribution < 1.29 is 9.84 Å². The average Bonchev–Trinajstić information content (AvgIpc) is 2.66. The van der Waals surface area contributed by atoms with Gasteiger partial charge in [0, 0.05) is 18.6 Å². The van der Waals surface area contributed by atoms with Crippen molar-refractivity contribution in [2.24, 2.45) is 0 Å². The van der Waals surface area contributed by atoms with E-state index in [9.17, 15) is 5.11 Å². The molecule has 0 aromatic heterocycles. The van der Waals surface area contributed by atoms with Gasteiger partial charge in [0.1, 0.15) is 5.75 Å². The lowest BCUT2D eigenvalue weighted by atomic mass is 10.00. The van der Waals surface area contributed by atoms with Gasteiger partial charge in [0.25, 0.3) is 0 Å². The molecule has 2 unspecified atom stereocenters. The van der Waals surface area contributed by atoms with E-state index < -0.39 is 0 Å². The summed E-state index contributed by atoms with van der Waals surface area (Å²) in [5, 5.41) is 9.80. The number of benzene rings is 1. The van der Waals surface area contributed by atoms with E-state index in [-0.39, 0.29) is 6.10 Å². The molecule has 2 heterocycles. The van der Waals surface area contributed by atoms with E-state index in [4.69, 9.17) is 4.74 Å². The molecule has 3 heteroatoms. The minimum Gasteiger partial charge on any atom is -0.494 e. The average molecular weight is 275 g/mol. The molecule has 110 valence electrons. The number of hydrogen-bond donors (Lipinski definition) is 1. The van der Waals surface area contributed by atoms with Gasteiger partial charge in [0.05, 0.1) is 12.7 Å². The quantitative estimate of drug-likeness (QED) is 0.839. The number of aryl methyl sites for hydroxylation is 1. The summed E-state index contributed by atoms with van der Waals surface area (Å²) < 4.78 is 5.81. The van der Waals surface area contributed by atoms with Crippen molar-refractivity contribution in [3.63, 3.8) is 0 Å². The Hall–Kier alpha value is -1.06. The fourth-order valence-electron chi connectivity index (χ4n) is 3.75. The van der Waals surface area contributed by atoms with Gasteiger partial charge in [-0.2, -0.15) is 0 Å². The molecule has 2 fully saturated rings. The molecule has 0 radical (unpaired) electrons. The zero-order chi connectivity index (χ0) is 13.9. The summed E-state index contributed by atoms with van der Waals surface area (Å²) in [4.78, 5) is 2.60. The van der Waals surface area contributed by atoms with E-state index >= 15 is 0 Å². The van der Waals surface area contributed by atoms with Gasteiger partial charge in [0.15, 0.2) is 0 Å². The molecule has 2 atom stereocenters. The molecule has 3 rings (SSSR count). The van der Waals surface area contributed by atoms with Crippen molar-refractivity contribution in [1.29, 1.82) is 0 Å². The van der Waals surface area contributed by atoms with Crippen LogP contribution >= 0.6 is 0 Å². The zero-order valence-electron chi connectivity index (χ0n) is 12.3. The molecule has 0 amide bonds. The van der Waals surface area contributed by atoms with Crippen LogP contribution in [0.2, 0.25) is 0 Å². The van der Waals surface area contributed by atoms with Gasteiger partial charge >= 0.3 is 0 Å². The molecule has 0 aliphatic carbocycles. The first-order valence-corrected chi connectivity index (χ1v) is 7.85. The van der Waals surface area contributed by atoms with E-state index in [1.807, 2.05) is 12.1 Å². The molecule has 3 nitrogen and oxygen atoms in total. The number of ether oxygens (including phenoxy) is 1. The smallest absolute Gasteiger partial charge is 0.119 e.